The Morgan fingerprint density at radius 3 is 2.41 bits per heavy atom. The number of hydrogen-bond donors (Lipinski definition) is 1. The van der Waals surface area contributed by atoms with E-state index in [4.69, 9.17) is 0 Å². The molecule has 1 atom stereocenters. The van der Waals surface area contributed by atoms with E-state index in [1.165, 1.54) is 24.0 Å². The molecule has 1 saturated heterocycles. The summed E-state index contributed by atoms with van der Waals surface area (Å²) >= 11 is 0. The smallest absolute Gasteiger partial charge is 0.241 e. The SMILES string of the molecule is Cc1cc(S(=O)(=O)N[C@H](C)c2ccc3c(c2)CCCC3)ccc1N1CCCC1=O. The molecular formula is C23H28N2O3S. The number of nitrogens with zero attached hydrogens (tertiary/aromatic N) is 1. The molecule has 2 aromatic rings. The molecule has 1 amide bonds. The maximum absolute atomic E-state index is 13.0. The molecule has 6 heteroatoms. The Hall–Kier alpha value is -2.18. The van der Waals surface area contributed by atoms with Crippen LogP contribution in [0.2, 0.25) is 0 Å². The van der Waals surface area contributed by atoms with Crippen LogP contribution in [0.25, 0.3) is 0 Å². The number of hydrogen-bond acceptors (Lipinski definition) is 3. The number of fused-ring (bicyclic) bond motifs is 1. The molecule has 2 aliphatic rings. The minimum atomic E-state index is -3.66. The Balaban J connectivity index is 1.54. The monoisotopic (exact) mass is 412 g/mol. The van der Waals surface area contributed by atoms with Crippen molar-refractivity contribution >= 4 is 21.6 Å². The number of anilines is 1. The first-order chi connectivity index (χ1) is 13.8. The fraction of sp³-hybridized carbons (Fsp3) is 0.435. The van der Waals surface area contributed by atoms with Gasteiger partial charge in [0, 0.05) is 24.7 Å². The molecule has 0 aromatic heterocycles. The lowest BCUT2D eigenvalue weighted by atomic mass is 9.89. The highest BCUT2D eigenvalue weighted by Gasteiger charge is 2.25. The average Bonchev–Trinajstić information content (AvgIpc) is 3.12. The van der Waals surface area contributed by atoms with Crippen molar-refractivity contribution in [1.82, 2.24) is 4.72 Å². The zero-order valence-electron chi connectivity index (χ0n) is 17.1. The maximum atomic E-state index is 13.0. The first-order valence-electron chi connectivity index (χ1n) is 10.4. The van der Waals surface area contributed by atoms with Crippen LogP contribution in [0.4, 0.5) is 5.69 Å². The Bertz CT molecular complexity index is 1050. The van der Waals surface area contributed by atoms with Crippen molar-refractivity contribution in [2.45, 2.75) is 63.3 Å². The van der Waals surface area contributed by atoms with Gasteiger partial charge in [0.15, 0.2) is 0 Å². The second kappa shape index (κ2) is 7.92. The third-order valence-corrected chi connectivity index (χ3v) is 7.59. The predicted octanol–water partition coefficient (Wildman–Crippen LogP) is 4.04. The lowest BCUT2D eigenvalue weighted by Crippen LogP contribution is -2.28. The summed E-state index contributed by atoms with van der Waals surface area (Å²) in [5.74, 6) is 0.0999. The summed E-state index contributed by atoms with van der Waals surface area (Å²) in [6, 6.07) is 11.0. The number of amides is 1. The van der Waals surface area contributed by atoms with Crippen LogP contribution in [0.1, 0.15) is 60.9 Å². The predicted molar refractivity (Wildman–Crippen MR) is 115 cm³/mol. The van der Waals surface area contributed by atoms with Gasteiger partial charge in [-0.1, -0.05) is 18.2 Å². The van der Waals surface area contributed by atoms with E-state index in [0.717, 1.165) is 36.1 Å². The third-order valence-electron chi connectivity index (χ3n) is 6.05. The fourth-order valence-electron chi connectivity index (χ4n) is 4.39. The van der Waals surface area contributed by atoms with Gasteiger partial charge in [-0.05, 0) is 86.4 Å². The lowest BCUT2D eigenvalue weighted by Gasteiger charge is -2.21. The summed E-state index contributed by atoms with van der Waals surface area (Å²) < 4.78 is 28.7. The van der Waals surface area contributed by atoms with E-state index in [1.54, 1.807) is 23.1 Å². The summed E-state index contributed by atoms with van der Waals surface area (Å²) in [5, 5.41) is 0. The van der Waals surface area contributed by atoms with E-state index >= 15 is 0 Å². The molecule has 1 heterocycles. The highest BCUT2D eigenvalue weighted by Crippen LogP contribution is 2.29. The molecule has 0 saturated carbocycles. The highest BCUT2D eigenvalue weighted by atomic mass is 32.2. The molecule has 0 spiro atoms. The molecule has 1 aliphatic heterocycles. The average molecular weight is 413 g/mol. The van der Waals surface area contributed by atoms with Crippen molar-refractivity contribution in [1.29, 1.82) is 0 Å². The van der Waals surface area contributed by atoms with E-state index in [0.29, 0.717) is 13.0 Å². The zero-order valence-corrected chi connectivity index (χ0v) is 17.9. The normalized spacial score (nSPS) is 18.0. The molecule has 154 valence electrons. The Kier molecular flexibility index (Phi) is 5.49. The first-order valence-corrected chi connectivity index (χ1v) is 11.9. The molecule has 0 radical (unpaired) electrons. The summed E-state index contributed by atoms with van der Waals surface area (Å²) in [7, 11) is -3.66. The van der Waals surface area contributed by atoms with Crippen molar-refractivity contribution in [2.24, 2.45) is 0 Å². The van der Waals surface area contributed by atoms with Gasteiger partial charge in [0.05, 0.1) is 4.90 Å². The number of carbonyl (C=O) groups excluding carboxylic acids is 1. The minimum Gasteiger partial charge on any atom is -0.312 e. The van der Waals surface area contributed by atoms with E-state index in [9.17, 15) is 13.2 Å². The van der Waals surface area contributed by atoms with Crippen LogP contribution in [0.5, 0.6) is 0 Å². The Labute approximate surface area is 173 Å². The molecule has 29 heavy (non-hydrogen) atoms. The van der Waals surface area contributed by atoms with Gasteiger partial charge in [-0.3, -0.25) is 4.79 Å². The van der Waals surface area contributed by atoms with Gasteiger partial charge in [-0.2, -0.15) is 0 Å². The van der Waals surface area contributed by atoms with Crippen LogP contribution in [-0.2, 0) is 27.7 Å². The van der Waals surface area contributed by atoms with Crippen molar-refractivity contribution in [2.75, 3.05) is 11.4 Å². The second-order valence-electron chi connectivity index (χ2n) is 8.18. The Morgan fingerprint density at radius 2 is 1.72 bits per heavy atom. The largest absolute Gasteiger partial charge is 0.312 e. The van der Waals surface area contributed by atoms with Gasteiger partial charge >= 0.3 is 0 Å². The minimum absolute atomic E-state index is 0.0999. The lowest BCUT2D eigenvalue weighted by molar-refractivity contribution is -0.117. The summed E-state index contributed by atoms with van der Waals surface area (Å²) in [6.07, 6.45) is 6.01. The number of carbonyl (C=O) groups is 1. The molecule has 0 bridgehead atoms. The van der Waals surface area contributed by atoms with E-state index < -0.39 is 10.0 Å². The van der Waals surface area contributed by atoms with Crippen LogP contribution in [0.15, 0.2) is 41.3 Å². The first kappa shape index (κ1) is 20.1. The van der Waals surface area contributed by atoms with Gasteiger partial charge < -0.3 is 4.90 Å². The van der Waals surface area contributed by atoms with Crippen molar-refractivity contribution in [3.8, 4) is 0 Å². The molecular weight excluding hydrogens is 384 g/mol. The third kappa shape index (κ3) is 4.09. The topological polar surface area (TPSA) is 66.5 Å². The molecule has 1 aliphatic carbocycles. The van der Waals surface area contributed by atoms with Crippen molar-refractivity contribution < 1.29 is 13.2 Å². The van der Waals surface area contributed by atoms with E-state index in [2.05, 4.69) is 16.9 Å². The quantitative estimate of drug-likeness (QED) is 0.806. The molecule has 2 aromatic carbocycles. The standard InChI is InChI=1S/C23H28N2O3S/c1-16-14-21(11-12-22(16)25-13-5-8-23(25)26)29(27,28)24-17(2)19-10-9-18-6-3-4-7-20(18)15-19/h9-12,14-15,17,24H,3-8,13H2,1-2H3/t17-/m1/s1. The maximum Gasteiger partial charge on any atom is 0.241 e. The second-order valence-corrected chi connectivity index (χ2v) is 9.89. The van der Waals surface area contributed by atoms with Crippen LogP contribution >= 0.6 is 0 Å². The van der Waals surface area contributed by atoms with Gasteiger partial charge in [0.2, 0.25) is 15.9 Å². The van der Waals surface area contributed by atoms with Crippen LogP contribution in [0.3, 0.4) is 0 Å². The van der Waals surface area contributed by atoms with Crippen molar-refractivity contribution in [3.63, 3.8) is 0 Å². The summed E-state index contributed by atoms with van der Waals surface area (Å²) in [6.45, 7) is 4.43. The van der Waals surface area contributed by atoms with Gasteiger partial charge in [0.25, 0.3) is 0 Å². The van der Waals surface area contributed by atoms with Gasteiger partial charge in [0.1, 0.15) is 0 Å². The van der Waals surface area contributed by atoms with E-state index in [-0.39, 0.29) is 16.8 Å². The molecule has 1 fully saturated rings. The number of sulfonamides is 1. The van der Waals surface area contributed by atoms with E-state index in [1.807, 2.05) is 19.9 Å². The fourth-order valence-corrected chi connectivity index (χ4v) is 5.71. The number of nitrogens with one attached hydrogen (secondary N) is 1. The molecule has 5 nitrogen and oxygen atoms in total. The number of rotatable bonds is 5. The summed E-state index contributed by atoms with van der Waals surface area (Å²) in [4.78, 5) is 14.0. The van der Waals surface area contributed by atoms with Gasteiger partial charge in [-0.25, -0.2) is 13.1 Å². The Morgan fingerprint density at radius 1 is 0.966 bits per heavy atom. The van der Waals surface area contributed by atoms with Crippen LogP contribution in [0, 0.1) is 6.92 Å². The highest BCUT2D eigenvalue weighted by molar-refractivity contribution is 7.89. The van der Waals surface area contributed by atoms with Gasteiger partial charge in [-0.15, -0.1) is 0 Å². The van der Waals surface area contributed by atoms with Crippen LogP contribution in [-0.4, -0.2) is 20.9 Å². The number of aryl methyl sites for hydroxylation is 3. The zero-order chi connectivity index (χ0) is 20.6. The molecule has 0 unspecified atom stereocenters. The van der Waals surface area contributed by atoms with Crippen LogP contribution < -0.4 is 9.62 Å². The molecule has 1 N–H and O–H groups in total. The summed E-state index contributed by atoms with van der Waals surface area (Å²) in [5.41, 5.74) is 5.32. The number of benzene rings is 2. The molecule has 4 rings (SSSR count). The van der Waals surface area contributed by atoms with Crippen molar-refractivity contribution in [3.05, 3.63) is 58.7 Å².